The first-order chi connectivity index (χ1) is 6.78. The predicted molar refractivity (Wildman–Crippen MR) is 57.5 cm³/mol. The first kappa shape index (κ1) is 10.4. The van der Waals surface area contributed by atoms with Crippen LogP contribution < -0.4 is 5.32 Å². The van der Waals surface area contributed by atoms with Crippen LogP contribution in [0.15, 0.2) is 0 Å². The second-order valence-electron chi connectivity index (χ2n) is 4.70. The van der Waals surface area contributed by atoms with Crippen molar-refractivity contribution in [2.24, 2.45) is 0 Å². The first-order valence-electron chi connectivity index (χ1n) is 5.83. The number of nitrogens with one attached hydrogen (secondary N) is 1. The largest absolute Gasteiger partial charge is 0.372 e. The molecule has 0 aromatic heterocycles. The van der Waals surface area contributed by atoms with Gasteiger partial charge in [0.25, 0.3) is 0 Å². The van der Waals surface area contributed by atoms with Crippen LogP contribution in [0.25, 0.3) is 0 Å². The number of ether oxygens (including phenoxy) is 1. The maximum atomic E-state index is 5.80. The summed E-state index contributed by atoms with van der Waals surface area (Å²) in [7, 11) is 2.04. The molecule has 2 saturated heterocycles. The molecule has 14 heavy (non-hydrogen) atoms. The molecule has 0 spiro atoms. The summed E-state index contributed by atoms with van der Waals surface area (Å²) in [6, 6.07) is 0.635. The molecule has 82 valence electrons. The highest BCUT2D eigenvalue weighted by molar-refractivity contribution is 4.84. The lowest BCUT2D eigenvalue weighted by atomic mass is 10.2. The van der Waals surface area contributed by atoms with E-state index in [0.29, 0.717) is 18.2 Å². The molecule has 0 saturated carbocycles. The third kappa shape index (κ3) is 2.47. The lowest BCUT2D eigenvalue weighted by molar-refractivity contribution is -0.0389. The van der Waals surface area contributed by atoms with Crippen LogP contribution in [0.2, 0.25) is 0 Å². The fraction of sp³-hybridized carbons (Fsp3) is 1.00. The van der Waals surface area contributed by atoms with Gasteiger partial charge >= 0.3 is 0 Å². The van der Waals surface area contributed by atoms with E-state index in [9.17, 15) is 0 Å². The Bertz CT molecular complexity index is 174. The van der Waals surface area contributed by atoms with Crippen LogP contribution in [0.3, 0.4) is 0 Å². The van der Waals surface area contributed by atoms with Crippen LogP contribution in [0.1, 0.15) is 26.2 Å². The minimum absolute atomic E-state index is 0.540. The second kappa shape index (κ2) is 4.60. The van der Waals surface area contributed by atoms with Gasteiger partial charge in [-0.2, -0.15) is 0 Å². The van der Waals surface area contributed by atoms with E-state index in [0.717, 1.165) is 13.1 Å². The van der Waals surface area contributed by atoms with E-state index in [1.165, 1.54) is 25.8 Å². The van der Waals surface area contributed by atoms with E-state index in [1.54, 1.807) is 0 Å². The Hall–Kier alpha value is -0.120. The fourth-order valence-corrected chi connectivity index (χ4v) is 2.40. The smallest absolute Gasteiger partial charge is 0.0707 e. The topological polar surface area (TPSA) is 24.5 Å². The van der Waals surface area contributed by atoms with Crippen molar-refractivity contribution in [3.8, 4) is 0 Å². The van der Waals surface area contributed by atoms with Gasteiger partial charge in [-0.15, -0.1) is 0 Å². The highest BCUT2D eigenvalue weighted by Gasteiger charge is 2.33. The normalized spacial score (nSPS) is 34.7. The Kier molecular flexibility index (Phi) is 3.42. The average molecular weight is 198 g/mol. The van der Waals surface area contributed by atoms with Crippen molar-refractivity contribution in [2.75, 3.05) is 26.7 Å². The molecule has 2 aliphatic heterocycles. The summed E-state index contributed by atoms with van der Waals surface area (Å²) < 4.78 is 5.80. The Labute approximate surface area is 86.8 Å². The number of likely N-dealkylation sites (tertiary alicyclic amines) is 1. The number of nitrogens with zero attached hydrogens (tertiary/aromatic N) is 1. The minimum atomic E-state index is 0.540. The number of hydrogen-bond donors (Lipinski definition) is 1. The molecule has 2 aliphatic rings. The molecule has 1 N–H and O–H groups in total. The van der Waals surface area contributed by atoms with Crippen molar-refractivity contribution in [1.82, 2.24) is 10.2 Å². The molecule has 3 heteroatoms. The molecule has 3 unspecified atom stereocenters. The zero-order valence-corrected chi connectivity index (χ0v) is 9.33. The summed E-state index contributed by atoms with van der Waals surface area (Å²) in [4.78, 5) is 2.57. The third-order valence-corrected chi connectivity index (χ3v) is 3.49. The van der Waals surface area contributed by atoms with Crippen molar-refractivity contribution in [3.63, 3.8) is 0 Å². The van der Waals surface area contributed by atoms with Gasteiger partial charge in [0.2, 0.25) is 0 Å². The summed E-state index contributed by atoms with van der Waals surface area (Å²) >= 11 is 0. The van der Waals surface area contributed by atoms with Crippen LogP contribution in [0, 0.1) is 0 Å². The number of morpholine rings is 1. The molecule has 3 atom stereocenters. The SMILES string of the molecule is CNC(C)CCN1CC2CCC(C1)O2. The van der Waals surface area contributed by atoms with E-state index in [4.69, 9.17) is 4.74 Å². The van der Waals surface area contributed by atoms with E-state index in [-0.39, 0.29) is 0 Å². The molecular formula is C11H22N2O. The third-order valence-electron chi connectivity index (χ3n) is 3.49. The summed E-state index contributed by atoms with van der Waals surface area (Å²) in [5, 5.41) is 3.28. The van der Waals surface area contributed by atoms with Gasteiger partial charge in [0.15, 0.2) is 0 Å². The van der Waals surface area contributed by atoms with E-state index in [1.807, 2.05) is 7.05 Å². The molecule has 2 rings (SSSR count). The molecule has 0 radical (unpaired) electrons. The van der Waals surface area contributed by atoms with Gasteiger partial charge in [-0.05, 0) is 39.8 Å². The maximum absolute atomic E-state index is 5.80. The lowest BCUT2D eigenvalue weighted by Crippen LogP contribution is -2.44. The Morgan fingerprint density at radius 1 is 1.36 bits per heavy atom. The molecule has 2 heterocycles. The van der Waals surface area contributed by atoms with Crippen LogP contribution in [0.4, 0.5) is 0 Å². The van der Waals surface area contributed by atoms with Crippen molar-refractivity contribution >= 4 is 0 Å². The van der Waals surface area contributed by atoms with Crippen molar-refractivity contribution in [3.05, 3.63) is 0 Å². The summed E-state index contributed by atoms with van der Waals surface area (Å²) in [5.41, 5.74) is 0. The van der Waals surface area contributed by atoms with Gasteiger partial charge in [0.1, 0.15) is 0 Å². The van der Waals surface area contributed by atoms with Gasteiger partial charge in [0.05, 0.1) is 12.2 Å². The minimum Gasteiger partial charge on any atom is -0.372 e. The molecular weight excluding hydrogens is 176 g/mol. The number of rotatable bonds is 4. The molecule has 2 fully saturated rings. The van der Waals surface area contributed by atoms with Crippen molar-refractivity contribution in [2.45, 2.75) is 44.4 Å². The standard InChI is InChI=1S/C11H22N2O/c1-9(12-2)5-6-13-7-10-3-4-11(8-13)14-10/h9-12H,3-8H2,1-2H3. The van der Waals surface area contributed by atoms with Crippen LogP contribution in [-0.2, 0) is 4.74 Å². The molecule has 0 aromatic rings. The molecule has 0 aromatic carbocycles. The van der Waals surface area contributed by atoms with Gasteiger partial charge in [-0.1, -0.05) is 0 Å². The quantitative estimate of drug-likeness (QED) is 0.725. The Morgan fingerprint density at radius 3 is 2.57 bits per heavy atom. The monoisotopic (exact) mass is 198 g/mol. The van der Waals surface area contributed by atoms with Gasteiger partial charge in [0, 0.05) is 19.1 Å². The van der Waals surface area contributed by atoms with Gasteiger partial charge in [-0.25, -0.2) is 0 Å². The summed E-state index contributed by atoms with van der Waals surface area (Å²) in [5.74, 6) is 0. The highest BCUT2D eigenvalue weighted by atomic mass is 16.5. The van der Waals surface area contributed by atoms with E-state index in [2.05, 4.69) is 17.1 Å². The van der Waals surface area contributed by atoms with E-state index >= 15 is 0 Å². The zero-order chi connectivity index (χ0) is 9.97. The van der Waals surface area contributed by atoms with Crippen molar-refractivity contribution < 1.29 is 4.74 Å². The molecule has 2 bridgehead atoms. The van der Waals surface area contributed by atoms with Gasteiger partial charge in [-0.3, -0.25) is 4.90 Å². The van der Waals surface area contributed by atoms with Crippen molar-refractivity contribution in [1.29, 1.82) is 0 Å². The first-order valence-corrected chi connectivity index (χ1v) is 5.83. The Balaban J connectivity index is 1.71. The van der Waals surface area contributed by atoms with Gasteiger partial charge < -0.3 is 10.1 Å². The molecule has 0 aliphatic carbocycles. The predicted octanol–water partition coefficient (Wildman–Crippen LogP) is 0.848. The van der Waals surface area contributed by atoms with Crippen LogP contribution in [-0.4, -0.2) is 49.8 Å². The Morgan fingerprint density at radius 2 is 2.00 bits per heavy atom. The molecule has 0 amide bonds. The second-order valence-corrected chi connectivity index (χ2v) is 4.70. The zero-order valence-electron chi connectivity index (χ0n) is 9.33. The fourth-order valence-electron chi connectivity index (χ4n) is 2.40. The van der Waals surface area contributed by atoms with Crippen LogP contribution >= 0.6 is 0 Å². The van der Waals surface area contributed by atoms with E-state index < -0.39 is 0 Å². The van der Waals surface area contributed by atoms with Crippen LogP contribution in [0.5, 0.6) is 0 Å². The number of hydrogen-bond acceptors (Lipinski definition) is 3. The summed E-state index contributed by atoms with van der Waals surface area (Å²) in [6.07, 6.45) is 4.89. The maximum Gasteiger partial charge on any atom is 0.0707 e. The lowest BCUT2D eigenvalue weighted by Gasteiger charge is -2.32. The highest BCUT2D eigenvalue weighted by Crippen LogP contribution is 2.26. The molecule has 3 nitrogen and oxygen atoms in total. The summed E-state index contributed by atoms with van der Waals surface area (Å²) in [6.45, 7) is 5.79. The average Bonchev–Trinajstić information content (AvgIpc) is 2.54. The number of fused-ring (bicyclic) bond motifs is 2.